The van der Waals surface area contributed by atoms with Crippen LogP contribution in [0.5, 0.6) is 0 Å². The molecule has 2 aromatic rings. The first-order valence-electron chi connectivity index (χ1n) is 4.83. The molecule has 2 rings (SSSR count). The van der Waals surface area contributed by atoms with Crippen molar-refractivity contribution in [2.24, 2.45) is 0 Å². The first-order valence-corrected chi connectivity index (χ1v) is 5.98. The molecule has 2 aromatic carbocycles. The van der Waals surface area contributed by atoms with Gasteiger partial charge in [0.15, 0.2) is 0 Å². The number of benzene rings is 2. The van der Waals surface area contributed by atoms with Crippen molar-refractivity contribution in [3.63, 3.8) is 0 Å². The Kier molecular flexibility index (Phi) is 3.26. The normalized spacial score (nSPS) is 10.1. The summed E-state index contributed by atoms with van der Waals surface area (Å²) in [6.07, 6.45) is 0. The van der Waals surface area contributed by atoms with Crippen molar-refractivity contribution in [2.75, 3.05) is 5.75 Å². The summed E-state index contributed by atoms with van der Waals surface area (Å²) in [5.74, 6) is 1.47. The van der Waals surface area contributed by atoms with E-state index in [1.807, 2.05) is 0 Å². The molecule has 74 valence electrons. The number of nitrogens with zero attached hydrogens (tertiary/aromatic N) is 1. The predicted octanol–water partition coefficient (Wildman–Crippen LogP) is 3.60. The van der Waals surface area contributed by atoms with Crippen molar-refractivity contribution in [3.05, 3.63) is 48.0 Å². The monoisotopic (exact) mass is 213 g/mol. The molecule has 0 amide bonds. The summed E-state index contributed by atoms with van der Waals surface area (Å²) in [5, 5.41) is 11.1. The van der Waals surface area contributed by atoms with Crippen LogP contribution < -0.4 is 0 Å². The molecule has 0 N–H and O–H groups in total. The largest absolute Gasteiger partial charge is 0.197 e. The molecular weight excluding hydrogens is 202 g/mol. The fraction of sp³-hybridized carbons (Fsp3) is 0.154. The molecule has 0 heterocycles. The van der Waals surface area contributed by atoms with E-state index in [4.69, 9.17) is 5.26 Å². The van der Waals surface area contributed by atoms with Gasteiger partial charge in [-0.1, -0.05) is 42.5 Å². The standard InChI is InChI=1S/C13H11NS/c14-8-9-15-10-12-6-3-5-11-4-1-2-7-13(11)12/h1-7H,9-10H2. The van der Waals surface area contributed by atoms with Crippen LogP contribution in [0.2, 0.25) is 0 Å². The van der Waals surface area contributed by atoms with Gasteiger partial charge in [-0.3, -0.25) is 0 Å². The van der Waals surface area contributed by atoms with Crippen LogP contribution in [0.3, 0.4) is 0 Å². The maximum atomic E-state index is 8.49. The molecule has 0 aliphatic heterocycles. The minimum atomic E-state index is 0.559. The molecule has 15 heavy (non-hydrogen) atoms. The highest BCUT2D eigenvalue weighted by Crippen LogP contribution is 2.22. The lowest BCUT2D eigenvalue weighted by atomic mass is 10.1. The average Bonchev–Trinajstić information content (AvgIpc) is 2.30. The van der Waals surface area contributed by atoms with Crippen molar-refractivity contribution < 1.29 is 0 Å². The molecular formula is C13H11NS. The maximum absolute atomic E-state index is 8.49. The number of hydrogen-bond acceptors (Lipinski definition) is 2. The molecule has 0 fully saturated rings. The van der Waals surface area contributed by atoms with Crippen molar-refractivity contribution in [1.29, 1.82) is 5.26 Å². The Morgan fingerprint density at radius 2 is 1.87 bits per heavy atom. The van der Waals surface area contributed by atoms with E-state index in [0.29, 0.717) is 5.75 Å². The zero-order valence-electron chi connectivity index (χ0n) is 8.31. The van der Waals surface area contributed by atoms with Crippen molar-refractivity contribution in [1.82, 2.24) is 0 Å². The fourth-order valence-electron chi connectivity index (χ4n) is 1.62. The third-order valence-electron chi connectivity index (χ3n) is 2.30. The molecule has 0 aromatic heterocycles. The van der Waals surface area contributed by atoms with Crippen LogP contribution >= 0.6 is 11.8 Å². The second-order valence-electron chi connectivity index (χ2n) is 3.29. The zero-order valence-corrected chi connectivity index (χ0v) is 9.13. The van der Waals surface area contributed by atoms with Crippen LogP contribution in [-0.4, -0.2) is 5.75 Å². The molecule has 1 nitrogen and oxygen atoms in total. The topological polar surface area (TPSA) is 23.8 Å². The molecule has 0 radical (unpaired) electrons. The van der Waals surface area contributed by atoms with E-state index in [0.717, 1.165) is 5.75 Å². The number of thioether (sulfide) groups is 1. The van der Waals surface area contributed by atoms with Crippen LogP contribution in [0.25, 0.3) is 10.8 Å². The Morgan fingerprint density at radius 3 is 2.73 bits per heavy atom. The third kappa shape index (κ3) is 2.31. The van der Waals surface area contributed by atoms with Gasteiger partial charge in [0.25, 0.3) is 0 Å². The van der Waals surface area contributed by atoms with Gasteiger partial charge in [-0.15, -0.1) is 11.8 Å². The first-order chi connectivity index (χ1) is 7.42. The Morgan fingerprint density at radius 1 is 1.07 bits per heavy atom. The smallest absolute Gasteiger partial charge is 0.0811 e. The number of hydrogen-bond donors (Lipinski definition) is 0. The molecule has 0 saturated heterocycles. The third-order valence-corrected chi connectivity index (χ3v) is 3.15. The van der Waals surface area contributed by atoms with Gasteiger partial charge in [0, 0.05) is 5.75 Å². The van der Waals surface area contributed by atoms with E-state index >= 15 is 0 Å². The molecule has 2 heteroatoms. The van der Waals surface area contributed by atoms with Crippen LogP contribution in [0.4, 0.5) is 0 Å². The minimum absolute atomic E-state index is 0.559. The van der Waals surface area contributed by atoms with Gasteiger partial charge < -0.3 is 0 Å². The summed E-state index contributed by atoms with van der Waals surface area (Å²) < 4.78 is 0. The minimum Gasteiger partial charge on any atom is -0.197 e. The molecule has 0 aliphatic rings. The Hall–Kier alpha value is -1.46. The lowest BCUT2D eigenvalue weighted by Crippen LogP contribution is -1.84. The SMILES string of the molecule is N#CCSCc1cccc2ccccc12. The van der Waals surface area contributed by atoms with E-state index in [-0.39, 0.29) is 0 Å². The molecule has 0 spiro atoms. The van der Waals surface area contributed by atoms with E-state index < -0.39 is 0 Å². The molecule has 0 saturated carbocycles. The summed E-state index contributed by atoms with van der Waals surface area (Å²) in [7, 11) is 0. The van der Waals surface area contributed by atoms with E-state index in [2.05, 4.69) is 48.5 Å². The summed E-state index contributed by atoms with van der Waals surface area (Å²) in [5.41, 5.74) is 1.31. The van der Waals surface area contributed by atoms with Crippen molar-refractivity contribution >= 4 is 22.5 Å². The second-order valence-corrected chi connectivity index (χ2v) is 4.27. The summed E-state index contributed by atoms with van der Waals surface area (Å²) in [4.78, 5) is 0. The first kappa shape index (κ1) is 10.1. The lowest BCUT2D eigenvalue weighted by molar-refractivity contribution is 1.45. The molecule has 0 atom stereocenters. The Bertz CT molecular complexity index is 494. The molecule has 0 unspecified atom stereocenters. The zero-order chi connectivity index (χ0) is 10.5. The maximum Gasteiger partial charge on any atom is 0.0811 e. The Labute approximate surface area is 93.7 Å². The Balaban J connectivity index is 2.31. The average molecular weight is 213 g/mol. The van der Waals surface area contributed by atoms with Gasteiger partial charge in [-0.25, -0.2) is 0 Å². The number of rotatable bonds is 3. The highest BCUT2D eigenvalue weighted by molar-refractivity contribution is 7.98. The van der Waals surface area contributed by atoms with Crippen LogP contribution in [0, 0.1) is 11.3 Å². The molecule has 0 aliphatic carbocycles. The lowest BCUT2D eigenvalue weighted by Gasteiger charge is -2.04. The van der Waals surface area contributed by atoms with Crippen LogP contribution in [0.1, 0.15) is 5.56 Å². The number of nitriles is 1. The molecule has 0 bridgehead atoms. The highest BCUT2D eigenvalue weighted by atomic mass is 32.2. The fourth-order valence-corrected chi connectivity index (χ4v) is 2.29. The van der Waals surface area contributed by atoms with Crippen molar-refractivity contribution in [2.45, 2.75) is 5.75 Å². The van der Waals surface area contributed by atoms with Crippen molar-refractivity contribution in [3.8, 4) is 6.07 Å². The van der Waals surface area contributed by atoms with E-state index in [1.54, 1.807) is 11.8 Å². The van der Waals surface area contributed by atoms with E-state index in [1.165, 1.54) is 16.3 Å². The van der Waals surface area contributed by atoms with Crippen LogP contribution in [0.15, 0.2) is 42.5 Å². The van der Waals surface area contributed by atoms with Gasteiger partial charge in [-0.05, 0) is 16.3 Å². The van der Waals surface area contributed by atoms with Gasteiger partial charge in [0.05, 0.1) is 11.8 Å². The van der Waals surface area contributed by atoms with Gasteiger partial charge in [-0.2, -0.15) is 5.26 Å². The predicted molar refractivity (Wildman–Crippen MR) is 65.7 cm³/mol. The second kappa shape index (κ2) is 4.86. The van der Waals surface area contributed by atoms with Crippen LogP contribution in [-0.2, 0) is 5.75 Å². The van der Waals surface area contributed by atoms with E-state index in [9.17, 15) is 0 Å². The summed E-state index contributed by atoms with van der Waals surface area (Å²) in [6.45, 7) is 0. The van der Waals surface area contributed by atoms with Gasteiger partial charge in [0.2, 0.25) is 0 Å². The number of fused-ring (bicyclic) bond motifs is 1. The summed E-state index contributed by atoms with van der Waals surface area (Å²) >= 11 is 1.66. The van der Waals surface area contributed by atoms with Gasteiger partial charge in [0.1, 0.15) is 0 Å². The summed E-state index contributed by atoms with van der Waals surface area (Å²) in [6, 6.07) is 16.8. The highest BCUT2D eigenvalue weighted by Gasteiger charge is 1.99. The quantitative estimate of drug-likeness (QED) is 0.727. The van der Waals surface area contributed by atoms with Gasteiger partial charge >= 0.3 is 0 Å².